The first kappa shape index (κ1) is 12.7. The van der Waals surface area contributed by atoms with Crippen LogP contribution < -0.4 is 11.1 Å². The first-order valence-corrected chi connectivity index (χ1v) is 4.75. The van der Waals surface area contributed by atoms with E-state index >= 15 is 0 Å². The molecule has 0 fully saturated rings. The number of nitrogens with one attached hydrogen (secondary N) is 1. The highest BCUT2D eigenvalue weighted by atomic mass is 19.4. The number of halogens is 3. The molecule has 0 unspecified atom stereocenters. The summed E-state index contributed by atoms with van der Waals surface area (Å²) in [5.41, 5.74) is -5.46. The standard InChI is InChI=1S/C10H4F3N3O3/c11-10(12,13)5-2-6-7(1-4(5)3-14)16(19)9(18)8(17)15-6/h1-2,19H,(H,15,17). The molecule has 2 N–H and O–H groups in total. The van der Waals surface area contributed by atoms with Crippen LogP contribution >= 0.6 is 0 Å². The zero-order valence-electron chi connectivity index (χ0n) is 8.95. The molecule has 0 aliphatic rings. The molecule has 0 radical (unpaired) electrons. The molecule has 2 aromatic rings. The topological polar surface area (TPSA) is 98.9 Å². The first-order valence-electron chi connectivity index (χ1n) is 4.75. The molecule has 9 heteroatoms. The number of H-pyrrole nitrogens is 1. The second kappa shape index (κ2) is 3.88. The van der Waals surface area contributed by atoms with Gasteiger partial charge in [-0.25, -0.2) is 0 Å². The minimum absolute atomic E-state index is 0.102. The van der Waals surface area contributed by atoms with Crippen molar-refractivity contribution in [2.45, 2.75) is 6.18 Å². The summed E-state index contributed by atoms with van der Waals surface area (Å²) in [7, 11) is 0. The van der Waals surface area contributed by atoms with Gasteiger partial charge >= 0.3 is 17.3 Å². The van der Waals surface area contributed by atoms with E-state index in [4.69, 9.17) is 5.26 Å². The minimum atomic E-state index is -4.80. The first-order chi connectivity index (χ1) is 8.75. The zero-order valence-corrected chi connectivity index (χ0v) is 8.95. The minimum Gasteiger partial charge on any atom is -0.425 e. The van der Waals surface area contributed by atoms with Crippen LogP contribution in [-0.2, 0) is 6.18 Å². The molecule has 1 aromatic carbocycles. The van der Waals surface area contributed by atoms with Gasteiger partial charge in [0.1, 0.15) is 5.52 Å². The lowest BCUT2D eigenvalue weighted by Crippen LogP contribution is -2.35. The van der Waals surface area contributed by atoms with E-state index in [-0.39, 0.29) is 4.73 Å². The molecule has 0 amide bonds. The van der Waals surface area contributed by atoms with Crippen molar-refractivity contribution in [2.75, 3.05) is 0 Å². The van der Waals surface area contributed by atoms with Crippen molar-refractivity contribution in [3.63, 3.8) is 0 Å². The highest BCUT2D eigenvalue weighted by Gasteiger charge is 2.34. The molecular formula is C10H4F3N3O3. The van der Waals surface area contributed by atoms with E-state index in [9.17, 15) is 28.0 Å². The Morgan fingerprint density at radius 3 is 2.47 bits per heavy atom. The van der Waals surface area contributed by atoms with Crippen LogP contribution in [0.2, 0.25) is 0 Å². The molecular weight excluding hydrogens is 267 g/mol. The average molecular weight is 271 g/mol. The molecule has 0 aliphatic heterocycles. The summed E-state index contributed by atoms with van der Waals surface area (Å²) in [6.45, 7) is 0. The Labute approximate surface area is 101 Å². The van der Waals surface area contributed by atoms with E-state index < -0.39 is 39.5 Å². The maximum absolute atomic E-state index is 12.7. The number of fused-ring (bicyclic) bond motifs is 1. The highest BCUT2D eigenvalue weighted by molar-refractivity contribution is 5.77. The quantitative estimate of drug-likeness (QED) is 0.547. The van der Waals surface area contributed by atoms with Gasteiger partial charge in [-0.05, 0) is 12.1 Å². The Balaban J connectivity index is 3.00. The predicted molar refractivity (Wildman–Crippen MR) is 55.7 cm³/mol. The van der Waals surface area contributed by atoms with Crippen molar-refractivity contribution < 1.29 is 18.4 Å². The zero-order chi connectivity index (χ0) is 14.4. The van der Waals surface area contributed by atoms with E-state index in [1.807, 2.05) is 4.98 Å². The molecule has 0 aliphatic carbocycles. The van der Waals surface area contributed by atoms with Crippen molar-refractivity contribution in [3.8, 4) is 6.07 Å². The van der Waals surface area contributed by atoms with Gasteiger partial charge in [-0.3, -0.25) is 9.59 Å². The summed E-state index contributed by atoms with van der Waals surface area (Å²) in [5.74, 6) is 0. The molecule has 1 aromatic heterocycles. The van der Waals surface area contributed by atoms with Crippen LogP contribution in [0.25, 0.3) is 11.0 Å². The van der Waals surface area contributed by atoms with Crippen LogP contribution in [0.15, 0.2) is 21.7 Å². The van der Waals surface area contributed by atoms with Gasteiger partial charge in [-0.2, -0.15) is 18.4 Å². The van der Waals surface area contributed by atoms with E-state index in [1.54, 1.807) is 0 Å². The van der Waals surface area contributed by atoms with Crippen molar-refractivity contribution >= 4 is 11.0 Å². The summed E-state index contributed by atoms with van der Waals surface area (Å²) in [5, 5.41) is 18.0. The lowest BCUT2D eigenvalue weighted by atomic mass is 10.1. The number of nitrogens with zero attached hydrogens (tertiary/aromatic N) is 2. The lowest BCUT2D eigenvalue weighted by molar-refractivity contribution is -0.137. The number of hydrogen-bond acceptors (Lipinski definition) is 4. The molecule has 0 saturated carbocycles. The monoisotopic (exact) mass is 271 g/mol. The second-order valence-corrected chi connectivity index (χ2v) is 3.60. The van der Waals surface area contributed by atoms with E-state index in [2.05, 4.69) is 0 Å². The van der Waals surface area contributed by atoms with Crippen molar-refractivity contribution in [1.29, 1.82) is 5.26 Å². The van der Waals surface area contributed by atoms with Crippen LogP contribution in [0.4, 0.5) is 13.2 Å². The Kier molecular flexibility index (Phi) is 2.59. The summed E-state index contributed by atoms with van der Waals surface area (Å²) in [4.78, 5) is 24.1. The fourth-order valence-corrected chi connectivity index (χ4v) is 1.57. The van der Waals surface area contributed by atoms with Gasteiger partial charge < -0.3 is 10.2 Å². The van der Waals surface area contributed by atoms with Gasteiger partial charge in [0, 0.05) is 0 Å². The molecule has 6 nitrogen and oxygen atoms in total. The molecule has 0 spiro atoms. The number of nitriles is 1. The van der Waals surface area contributed by atoms with Crippen molar-refractivity contribution in [2.24, 2.45) is 0 Å². The Bertz CT molecular complexity index is 826. The Morgan fingerprint density at radius 2 is 1.95 bits per heavy atom. The number of alkyl halides is 3. The fourth-order valence-electron chi connectivity index (χ4n) is 1.57. The average Bonchev–Trinajstić information content (AvgIpc) is 2.34. The highest BCUT2D eigenvalue weighted by Crippen LogP contribution is 2.33. The third-order valence-corrected chi connectivity index (χ3v) is 2.42. The number of hydrogen-bond donors (Lipinski definition) is 2. The second-order valence-electron chi connectivity index (χ2n) is 3.60. The smallest absolute Gasteiger partial charge is 0.417 e. The number of aromatic amines is 1. The molecule has 2 rings (SSSR count). The Morgan fingerprint density at radius 1 is 1.32 bits per heavy atom. The van der Waals surface area contributed by atoms with Gasteiger partial charge in [-0.15, -0.1) is 4.73 Å². The summed E-state index contributed by atoms with van der Waals surface area (Å²) >= 11 is 0. The number of rotatable bonds is 0. The molecule has 0 bridgehead atoms. The fraction of sp³-hybridized carbons (Fsp3) is 0.100. The third kappa shape index (κ3) is 1.93. The number of aromatic nitrogens is 2. The van der Waals surface area contributed by atoms with Gasteiger partial charge in [0.15, 0.2) is 0 Å². The van der Waals surface area contributed by atoms with Gasteiger partial charge in [-0.1, -0.05) is 0 Å². The predicted octanol–water partition coefficient (Wildman–Crippen LogP) is 0.818. The van der Waals surface area contributed by atoms with Gasteiger partial charge in [0.2, 0.25) is 0 Å². The molecule has 1 heterocycles. The molecule has 0 saturated heterocycles. The van der Waals surface area contributed by atoms with Gasteiger partial charge in [0.25, 0.3) is 0 Å². The van der Waals surface area contributed by atoms with Crippen LogP contribution in [0.3, 0.4) is 0 Å². The normalized spacial score (nSPS) is 11.5. The van der Waals surface area contributed by atoms with Crippen LogP contribution in [0, 0.1) is 11.3 Å². The SMILES string of the molecule is N#Cc1cc2c(cc1C(F)(F)F)[nH]c(=O)c(=O)n2O. The lowest BCUT2D eigenvalue weighted by Gasteiger charge is -2.10. The summed E-state index contributed by atoms with van der Waals surface area (Å²) in [6.07, 6.45) is -4.80. The largest absolute Gasteiger partial charge is 0.425 e. The van der Waals surface area contributed by atoms with Crippen molar-refractivity contribution in [3.05, 3.63) is 44.0 Å². The summed E-state index contributed by atoms with van der Waals surface area (Å²) < 4.78 is 37.9. The van der Waals surface area contributed by atoms with Crippen LogP contribution in [0.1, 0.15) is 11.1 Å². The van der Waals surface area contributed by atoms with Crippen LogP contribution in [-0.4, -0.2) is 14.9 Å². The van der Waals surface area contributed by atoms with Gasteiger partial charge in [0.05, 0.1) is 22.7 Å². The molecule has 0 atom stereocenters. The third-order valence-electron chi connectivity index (χ3n) is 2.42. The molecule has 19 heavy (non-hydrogen) atoms. The van der Waals surface area contributed by atoms with E-state index in [1.165, 1.54) is 6.07 Å². The maximum Gasteiger partial charge on any atom is 0.417 e. The summed E-state index contributed by atoms with van der Waals surface area (Å²) in [6, 6.07) is 2.48. The number of benzene rings is 1. The maximum atomic E-state index is 12.7. The van der Waals surface area contributed by atoms with Crippen molar-refractivity contribution in [1.82, 2.24) is 9.71 Å². The van der Waals surface area contributed by atoms with E-state index in [0.29, 0.717) is 12.1 Å². The molecule has 98 valence electrons. The van der Waals surface area contributed by atoms with E-state index in [0.717, 1.165) is 0 Å². The van der Waals surface area contributed by atoms with Crippen LogP contribution in [0.5, 0.6) is 0 Å². The Hall–Kier alpha value is -2.76.